The largest absolute Gasteiger partial charge is 0.483 e. The fourth-order valence-corrected chi connectivity index (χ4v) is 4.24. The summed E-state index contributed by atoms with van der Waals surface area (Å²) in [6, 6.07) is 3.83. The second kappa shape index (κ2) is 7.03. The zero-order chi connectivity index (χ0) is 19.0. The molecule has 1 atom stereocenters. The van der Waals surface area contributed by atoms with Gasteiger partial charge in [0.05, 0.1) is 6.20 Å². The number of hydrogen-bond donors (Lipinski definition) is 1. The van der Waals surface area contributed by atoms with Crippen LogP contribution in [-0.4, -0.2) is 49.0 Å². The lowest BCUT2D eigenvalue weighted by molar-refractivity contribution is -0.0505. The third-order valence-corrected chi connectivity index (χ3v) is 5.76. The van der Waals surface area contributed by atoms with Crippen LogP contribution in [0.3, 0.4) is 0 Å². The molecule has 1 N–H and O–H groups in total. The van der Waals surface area contributed by atoms with Gasteiger partial charge in [-0.05, 0) is 25.5 Å². The van der Waals surface area contributed by atoms with Crippen LogP contribution >= 0.6 is 0 Å². The number of fused-ring (bicyclic) bond motifs is 1. The molecule has 2 aromatic heterocycles. The lowest BCUT2D eigenvalue weighted by Gasteiger charge is -2.44. The summed E-state index contributed by atoms with van der Waals surface area (Å²) < 4.78 is 10.1. The third-order valence-electron chi connectivity index (χ3n) is 5.76. The summed E-state index contributed by atoms with van der Waals surface area (Å²) in [5, 5.41) is 15.0. The van der Waals surface area contributed by atoms with Crippen LogP contribution in [0.5, 0.6) is 5.75 Å². The van der Waals surface area contributed by atoms with Gasteiger partial charge in [-0.1, -0.05) is 6.92 Å². The zero-order valence-corrected chi connectivity index (χ0v) is 16.1. The first kappa shape index (κ1) is 18.1. The highest BCUT2D eigenvalue weighted by Gasteiger charge is 2.45. The Kier molecular flexibility index (Phi) is 4.72. The fraction of sp³-hybridized carbons (Fsp3) is 0.600. The molecule has 4 heterocycles. The number of rotatable bonds is 4. The molecule has 27 heavy (non-hydrogen) atoms. The van der Waals surface area contributed by atoms with Gasteiger partial charge in [-0.25, -0.2) is 0 Å². The first-order valence-corrected chi connectivity index (χ1v) is 9.94. The predicted octanol–water partition coefficient (Wildman–Crippen LogP) is 2.61. The maximum atomic E-state index is 12.9. The van der Waals surface area contributed by atoms with E-state index in [-0.39, 0.29) is 5.91 Å². The molecule has 1 unspecified atom stereocenters. The summed E-state index contributed by atoms with van der Waals surface area (Å²) in [4.78, 5) is 14.8. The molecular formula is C20H28N4O3. The van der Waals surface area contributed by atoms with Gasteiger partial charge < -0.3 is 19.3 Å². The van der Waals surface area contributed by atoms with E-state index >= 15 is 0 Å². The Morgan fingerprint density at radius 1 is 1.37 bits per heavy atom. The number of nitrogens with zero attached hydrogens (tertiary/aromatic N) is 4. The van der Waals surface area contributed by atoms with Crippen molar-refractivity contribution in [2.45, 2.75) is 64.3 Å². The van der Waals surface area contributed by atoms with Gasteiger partial charge in [0.2, 0.25) is 0 Å². The van der Waals surface area contributed by atoms with E-state index in [0.717, 1.165) is 38.0 Å². The molecular weight excluding hydrogens is 344 g/mol. The van der Waals surface area contributed by atoms with Crippen molar-refractivity contribution in [3.8, 4) is 5.75 Å². The van der Waals surface area contributed by atoms with E-state index in [1.54, 1.807) is 4.68 Å². The first-order valence-electron chi connectivity index (χ1n) is 9.94. The molecule has 0 bridgehead atoms. The number of likely N-dealkylation sites (tertiary alicyclic amines) is 1. The quantitative estimate of drug-likeness (QED) is 0.895. The molecule has 0 saturated carbocycles. The standard InChI is InChI=1S/C20H28N4O3/c1-3-9-22-10-5-6-15(22)19(26)23-11-7-20(8-12-23)13-16(25)18-17(27-20)14-24(4-2)21-18/h5-6,10,14,16,25H,3-4,7-9,11-13H2,1-2H3. The molecule has 2 aliphatic rings. The van der Waals surface area contributed by atoms with Crippen LogP contribution in [0.25, 0.3) is 0 Å². The minimum atomic E-state index is -0.606. The molecule has 1 amide bonds. The number of hydrogen-bond acceptors (Lipinski definition) is 4. The number of aliphatic hydroxyl groups excluding tert-OH is 1. The topological polar surface area (TPSA) is 72.5 Å². The normalized spacial score (nSPS) is 21.1. The van der Waals surface area contributed by atoms with Crippen LogP contribution in [0.4, 0.5) is 0 Å². The van der Waals surface area contributed by atoms with Crippen molar-refractivity contribution in [3.63, 3.8) is 0 Å². The number of aryl methyl sites for hydroxylation is 2. The molecule has 7 heteroatoms. The zero-order valence-electron chi connectivity index (χ0n) is 16.1. The van der Waals surface area contributed by atoms with Crippen molar-refractivity contribution in [1.29, 1.82) is 0 Å². The van der Waals surface area contributed by atoms with Crippen molar-refractivity contribution in [2.75, 3.05) is 13.1 Å². The molecule has 4 rings (SSSR count). The maximum absolute atomic E-state index is 12.9. The molecule has 7 nitrogen and oxygen atoms in total. The lowest BCUT2D eigenvalue weighted by Crippen LogP contribution is -2.52. The molecule has 2 aliphatic heterocycles. The Hall–Kier alpha value is -2.28. The van der Waals surface area contributed by atoms with E-state index in [1.165, 1.54) is 0 Å². The van der Waals surface area contributed by atoms with Crippen molar-refractivity contribution in [3.05, 3.63) is 35.9 Å². The number of aromatic nitrogens is 3. The van der Waals surface area contributed by atoms with E-state index in [9.17, 15) is 9.90 Å². The molecule has 0 aromatic carbocycles. The summed E-state index contributed by atoms with van der Waals surface area (Å²) in [6.07, 6.45) is 6.21. The van der Waals surface area contributed by atoms with E-state index < -0.39 is 11.7 Å². The van der Waals surface area contributed by atoms with E-state index in [4.69, 9.17) is 4.74 Å². The highest BCUT2D eigenvalue weighted by Crippen LogP contribution is 2.43. The van der Waals surface area contributed by atoms with Crippen LogP contribution < -0.4 is 4.74 Å². The lowest BCUT2D eigenvalue weighted by atomic mass is 9.83. The smallest absolute Gasteiger partial charge is 0.270 e. The Balaban J connectivity index is 1.45. The van der Waals surface area contributed by atoms with Gasteiger partial charge in [-0.2, -0.15) is 5.10 Å². The predicted molar refractivity (Wildman–Crippen MR) is 101 cm³/mol. The average Bonchev–Trinajstić information content (AvgIpc) is 3.29. The first-order chi connectivity index (χ1) is 13.0. The summed E-state index contributed by atoms with van der Waals surface area (Å²) in [6.45, 7) is 7.00. The van der Waals surface area contributed by atoms with Gasteiger partial charge in [0, 0.05) is 51.6 Å². The minimum Gasteiger partial charge on any atom is -0.483 e. The molecule has 146 valence electrons. The van der Waals surface area contributed by atoms with E-state index in [0.29, 0.717) is 31.0 Å². The molecule has 1 fully saturated rings. The molecule has 2 aromatic rings. The van der Waals surface area contributed by atoms with Gasteiger partial charge in [0.15, 0.2) is 5.75 Å². The highest BCUT2D eigenvalue weighted by molar-refractivity contribution is 5.92. The van der Waals surface area contributed by atoms with Crippen molar-refractivity contribution in [1.82, 2.24) is 19.2 Å². The molecule has 0 aliphatic carbocycles. The summed E-state index contributed by atoms with van der Waals surface area (Å²) in [7, 11) is 0. The summed E-state index contributed by atoms with van der Waals surface area (Å²) >= 11 is 0. The van der Waals surface area contributed by atoms with Crippen molar-refractivity contribution in [2.24, 2.45) is 0 Å². The number of ether oxygens (including phenoxy) is 1. The Morgan fingerprint density at radius 3 is 2.85 bits per heavy atom. The number of carbonyl (C=O) groups is 1. The van der Waals surface area contributed by atoms with Crippen LogP contribution in [0.2, 0.25) is 0 Å². The number of carbonyl (C=O) groups excluding carboxylic acids is 1. The van der Waals surface area contributed by atoms with Gasteiger partial charge in [0.1, 0.15) is 23.1 Å². The third kappa shape index (κ3) is 3.25. The number of aliphatic hydroxyl groups is 1. The Bertz CT molecular complexity index is 817. The highest BCUT2D eigenvalue weighted by atomic mass is 16.5. The van der Waals surface area contributed by atoms with E-state index in [1.807, 2.05) is 40.9 Å². The molecule has 0 radical (unpaired) electrons. The van der Waals surface area contributed by atoms with Crippen molar-refractivity contribution >= 4 is 5.91 Å². The SMILES string of the molecule is CCCn1cccc1C(=O)N1CCC2(CC1)CC(O)c1nn(CC)cc1O2. The fourth-order valence-electron chi connectivity index (χ4n) is 4.24. The maximum Gasteiger partial charge on any atom is 0.270 e. The minimum absolute atomic E-state index is 0.0825. The number of amides is 1. The van der Waals surface area contributed by atoms with Gasteiger partial charge in [-0.3, -0.25) is 9.48 Å². The van der Waals surface area contributed by atoms with Gasteiger partial charge in [-0.15, -0.1) is 0 Å². The van der Waals surface area contributed by atoms with Gasteiger partial charge >= 0.3 is 0 Å². The Labute approximate surface area is 159 Å². The average molecular weight is 372 g/mol. The van der Waals surface area contributed by atoms with Crippen LogP contribution in [0, 0.1) is 0 Å². The van der Waals surface area contributed by atoms with Gasteiger partial charge in [0.25, 0.3) is 5.91 Å². The van der Waals surface area contributed by atoms with Crippen LogP contribution in [-0.2, 0) is 13.1 Å². The summed E-state index contributed by atoms with van der Waals surface area (Å²) in [5.74, 6) is 0.770. The second-order valence-corrected chi connectivity index (χ2v) is 7.62. The second-order valence-electron chi connectivity index (χ2n) is 7.62. The van der Waals surface area contributed by atoms with Crippen LogP contribution in [0.15, 0.2) is 24.5 Å². The van der Waals surface area contributed by atoms with E-state index in [2.05, 4.69) is 12.0 Å². The van der Waals surface area contributed by atoms with Crippen LogP contribution in [0.1, 0.15) is 61.8 Å². The molecule has 1 spiro atoms. The summed E-state index contributed by atoms with van der Waals surface area (Å²) in [5.41, 5.74) is 0.984. The Morgan fingerprint density at radius 2 is 2.15 bits per heavy atom. The monoisotopic (exact) mass is 372 g/mol. The van der Waals surface area contributed by atoms with Crippen molar-refractivity contribution < 1.29 is 14.6 Å². The molecule has 1 saturated heterocycles. The number of piperidine rings is 1.